The summed E-state index contributed by atoms with van der Waals surface area (Å²) >= 11 is 5.89. The van der Waals surface area contributed by atoms with E-state index in [4.69, 9.17) is 25.5 Å². The zero-order valence-electron chi connectivity index (χ0n) is 15.6. The summed E-state index contributed by atoms with van der Waals surface area (Å²) in [6.45, 7) is 1.43. The van der Waals surface area contributed by atoms with Crippen LogP contribution >= 0.6 is 11.6 Å². The summed E-state index contributed by atoms with van der Waals surface area (Å²) in [4.78, 5) is 35.7. The molecule has 0 aliphatic heterocycles. The van der Waals surface area contributed by atoms with Crippen LogP contribution in [0.15, 0.2) is 51.7 Å². The molecule has 8 nitrogen and oxygen atoms in total. The van der Waals surface area contributed by atoms with Crippen molar-refractivity contribution in [3.8, 4) is 11.5 Å². The lowest BCUT2D eigenvalue weighted by molar-refractivity contribution is -0.123. The predicted molar refractivity (Wildman–Crippen MR) is 106 cm³/mol. The number of halogens is 1. The molecule has 150 valence electrons. The summed E-state index contributed by atoms with van der Waals surface area (Å²) in [7, 11) is 1.42. The minimum atomic E-state index is -0.597. The van der Waals surface area contributed by atoms with E-state index in [1.165, 1.54) is 25.3 Å². The van der Waals surface area contributed by atoms with Crippen LogP contribution in [-0.4, -0.2) is 25.5 Å². The number of carbonyl (C=O) groups is 2. The Hall–Kier alpha value is -3.52. The molecule has 3 rings (SSSR count). The van der Waals surface area contributed by atoms with Gasteiger partial charge in [-0.05, 0) is 42.8 Å². The van der Waals surface area contributed by atoms with Crippen LogP contribution in [0.3, 0.4) is 0 Å². The predicted octanol–water partition coefficient (Wildman–Crippen LogP) is 2.60. The highest BCUT2D eigenvalue weighted by Crippen LogP contribution is 2.23. The molecule has 29 heavy (non-hydrogen) atoms. The van der Waals surface area contributed by atoms with Gasteiger partial charge >= 0.3 is 5.63 Å². The minimum absolute atomic E-state index is 0.168. The Morgan fingerprint density at radius 2 is 1.90 bits per heavy atom. The first-order valence-corrected chi connectivity index (χ1v) is 8.85. The van der Waals surface area contributed by atoms with E-state index in [0.717, 1.165) is 10.9 Å². The topological polar surface area (TPSA) is 107 Å². The van der Waals surface area contributed by atoms with Gasteiger partial charge in [0, 0.05) is 22.5 Å². The summed E-state index contributed by atoms with van der Waals surface area (Å²) < 4.78 is 15.6. The quantitative estimate of drug-likeness (QED) is 0.489. The number of benzene rings is 2. The molecular weight excluding hydrogens is 400 g/mol. The molecule has 1 aromatic heterocycles. The maximum Gasteiger partial charge on any atom is 0.336 e. The number of fused-ring (bicyclic) bond motifs is 1. The lowest BCUT2D eigenvalue weighted by Gasteiger charge is -2.11. The summed E-state index contributed by atoms with van der Waals surface area (Å²) in [6, 6.07) is 10.8. The molecule has 0 saturated carbocycles. The summed E-state index contributed by atoms with van der Waals surface area (Å²) in [5, 5.41) is 1.12. The molecule has 2 N–H and O–H groups in total. The van der Waals surface area contributed by atoms with Crippen molar-refractivity contribution in [2.75, 3.05) is 13.7 Å². The standard InChI is InChI=1S/C20H17ClN2O6/c1-11-7-19(25)29-17-9-13(4-5-14(11)17)28-10-18(24)22-23-20(26)15-8-12(21)3-6-16(15)27-2/h3-9H,10H2,1-2H3,(H,22,24)(H,23,26). The zero-order valence-corrected chi connectivity index (χ0v) is 16.3. The Morgan fingerprint density at radius 3 is 2.66 bits per heavy atom. The van der Waals surface area contributed by atoms with Gasteiger partial charge in [-0.2, -0.15) is 0 Å². The maximum atomic E-state index is 12.2. The van der Waals surface area contributed by atoms with E-state index in [1.807, 2.05) is 0 Å². The van der Waals surface area contributed by atoms with E-state index in [2.05, 4.69) is 10.9 Å². The van der Waals surface area contributed by atoms with Crippen molar-refractivity contribution in [3.05, 3.63) is 69.0 Å². The van der Waals surface area contributed by atoms with Crippen LogP contribution in [0.5, 0.6) is 11.5 Å². The van der Waals surface area contributed by atoms with Crippen LogP contribution in [-0.2, 0) is 4.79 Å². The largest absolute Gasteiger partial charge is 0.496 e. The molecule has 0 aliphatic carbocycles. The first-order chi connectivity index (χ1) is 13.9. The molecule has 0 saturated heterocycles. The number of hydrogen-bond donors (Lipinski definition) is 2. The van der Waals surface area contributed by atoms with Gasteiger partial charge in [0.1, 0.15) is 17.1 Å². The van der Waals surface area contributed by atoms with Gasteiger partial charge in [0.05, 0.1) is 12.7 Å². The minimum Gasteiger partial charge on any atom is -0.496 e. The van der Waals surface area contributed by atoms with E-state index in [9.17, 15) is 14.4 Å². The van der Waals surface area contributed by atoms with E-state index < -0.39 is 17.4 Å². The smallest absolute Gasteiger partial charge is 0.336 e. The van der Waals surface area contributed by atoms with Crippen molar-refractivity contribution in [2.24, 2.45) is 0 Å². The molecular formula is C20H17ClN2O6. The van der Waals surface area contributed by atoms with E-state index in [-0.39, 0.29) is 12.2 Å². The van der Waals surface area contributed by atoms with Crippen LogP contribution in [0.4, 0.5) is 0 Å². The van der Waals surface area contributed by atoms with E-state index in [0.29, 0.717) is 22.1 Å². The fraction of sp³-hybridized carbons (Fsp3) is 0.150. The number of rotatable bonds is 5. The summed E-state index contributed by atoms with van der Waals surface area (Å²) in [5.41, 5.74) is 5.34. The molecule has 0 bridgehead atoms. The fourth-order valence-corrected chi connectivity index (χ4v) is 2.80. The Balaban J connectivity index is 1.59. The van der Waals surface area contributed by atoms with Crippen LogP contribution in [0.2, 0.25) is 5.02 Å². The average molecular weight is 417 g/mol. The van der Waals surface area contributed by atoms with Gasteiger partial charge in [0.2, 0.25) is 0 Å². The molecule has 0 atom stereocenters. The molecule has 0 spiro atoms. The third kappa shape index (κ3) is 4.85. The van der Waals surface area contributed by atoms with Gasteiger partial charge in [-0.25, -0.2) is 4.79 Å². The lowest BCUT2D eigenvalue weighted by Crippen LogP contribution is -2.43. The number of carbonyl (C=O) groups excluding carboxylic acids is 2. The Labute approximate surface area is 170 Å². The van der Waals surface area contributed by atoms with Crippen molar-refractivity contribution in [1.82, 2.24) is 10.9 Å². The Bertz CT molecular complexity index is 1140. The molecule has 2 aromatic carbocycles. The van der Waals surface area contributed by atoms with Crippen molar-refractivity contribution >= 4 is 34.4 Å². The highest BCUT2D eigenvalue weighted by atomic mass is 35.5. The molecule has 0 unspecified atom stereocenters. The Morgan fingerprint density at radius 1 is 1.10 bits per heavy atom. The molecule has 1 heterocycles. The number of nitrogens with one attached hydrogen (secondary N) is 2. The number of amides is 2. The van der Waals surface area contributed by atoms with Crippen LogP contribution in [0, 0.1) is 6.92 Å². The molecule has 2 amide bonds. The van der Waals surface area contributed by atoms with Crippen molar-refractivity contribution in [1.29, 1.82) is 0 Å². The number of ether oxygens (including phenoxy) is 2. The molecule has 0 radical (unpaired) electrons. The number of hydrazine groups is 1. The van der Waals surface area contributed by atoms with Gasteiger partial charge in [-0.3, -0.25) is 20.4 Å². The van der Waals surface area contributed by atoms with E-state index in [1.54, 1.807) is 31.2 Å². The van der Waals surface area contributed by atoms with E-state index >= 15 is 0 Å². The van der Waals surface area contributed by atoms with Gasteiger partial charge < -0.3 is 13.9 Å². The van der Waals surface area contributed by atoms with Crippen LogP contribution in [0.1, 0.15) is 15.9 Å². The molecule has 0 aliphatic rings. The normalized spacial score (nSPS) is 10.4. The van der Waals surface area contributed by atoms with Gasteiger partial charge in [0.25, 0.3) is 11.8 Å². The van der Waals surface area contributed by atoms with Gasteiger partial charge in [-0.15, -0.1) is 0 Å². The number of methoxy groups -OCH3 is 1. The molecule has 9 heteroatoms. The summed E-state index contributed by atoms with van der Waals surface area (Å²) in [6.07, 6.45) is 0. The maximum absolute atomic E-state index is 12.2. The SMILES string of the molecule is COc1ccc(Cl)cc1C(=O)NNC(=O)COc1ccc2c(C)cc(=O)oc2c1. The Kier molecular flexibility index (Phi) is 6.04. The molecule has 3 aromatic rings. The lowest BCUT2D eigenvalue weighted by atomic mass is 10.1. The van der Waals surface area contributed by atoms with Gasteiger partial charge in [-0.1, -0.05) is 11.6 Å². The van der Waals surface area contributed by atoms with Crippen LogP contribution < -0.4 is 26.0 Å². The highest BCUT2D eigenvalue weighted by Gasteiger charge is 2.14. The molecule has 0 fully saturated rings. The first-order valence-electron chi connectivity index (χ1n) is 8.47. The zero-order chi connectivity index (χ0) is 21.0. The number of hydrogen-bond acceptors (Lipinski definition) is 6. The van der Waals surface area contributed by atoms with Gasteiger partial charge in [0.15, 0.2) is 6.61 Å². The second kappa shape index (κ2) is 8.66. The van der Waals surface area contributed by atoms with Crippen LogP contribution in [0.25, 0.3) is 11.0 Å². The number of aryl methyl sites for hydroxylation is 1. The third-order valence-corrected chi connectivity index (χ3v) is 4.25. The van der Waals surface area contributed by atoms with Crippen molar-refractivity contribution in [3.63, 3.8) is 0 Å². The summed E-state index contributed by atoms with van der Waals surface area (Å²) in [5.74, 6) is -0.541. The van der Waals surface area contributed by atoms with Crippen molar-refractivity contribution < 1.29 is 23.5 Å². The monoisotopic (exact) mass is 416 g/mol. The first kappa shape index (κ1) is 20.2. The second-order valence-corrected chi connectivity index (χ2v) is 6.48. The highest BCUT2D eigenvalue weighted by molar-refractivity contribution is 6.31. The second-order valence-electron chi connectivity index (χ2n) is 6.04. The third-order valence-electron chi connectivity index (χ3n) is 4.01. The fourth-order valence-electron chi connectivity index (χ4n) is 2.63. The average Bonchev–Trinajstić information content (AvgIpc) is 2.70. The van der Waals surface area contributed by atoms with Crippen molar-refractivity contribution in [2.45, 2.75) is 6.92 Å².